The van der Waals surface area contributed by atoms with Crippen molar-refractivity contribution in [2.75, 3.05) is 33.4 Å². The van der Waals surface area contributed by atoms with E-state index in [0.717, 1.165) is 24.2 Å². The van der Waals surface area contributed by atoms with Crippen LogP contribution in [0, 0.1) is 6.92 Å². The zero-order valence-corrected chi connectivity index (χ0v) is 16.1. The molecule has 5 nitrogen and oxygen atoms in total. The summed E-state index contributed by atoms with van der Waals surface area (Å²) < 4.78 is 11.4. The third-order valence-corrected chi connectivity index (χ3v) is 4.17. The number of nitrogens with one attached hydrogen (secondary N) is 2. The molecule has 0 amide bonds. The quantitative estimate of drug-likeness (QED) is 0.525. The molecule has 0 aromatic heterocycles. The maximum absolute atomic E-state index is 8.72. The lowest BCUT2D eigenvalue weighted by Crippen LogP contribution is -2.28. The lowest BCUT2D eigenvalue weighted by Gasteiger charge is -2.15. The van der Waals surface area contributed by atoms with E-state index in [-0.39, 0.29) is 6.61 Å². The van der Waals surface area contributed by atoms with Gasteiger partial charge in [0.25, 0.3) is 0 Å². The Kier molecular flexibility index (Phi) is 8.71. The molecule has 0 unspecified atom stereocenters. The Hall–Kier alpha value is -1.79. The van der Waals surface area contributed by atoms with Gasteiger partial charge in [0, 0.05) is 26.2 Å². The molecule has 2 aromatic carbocycles. The van der Waals surface area contributed by atoms with Crippen LogP contribution >= 0.6 is 11.6 Å². The molecule has 0 aliphatic carbocycles. The van der Waals surface area contributed by atoms with Gasteiger partial charge >= 0.3 is 0 Å². The average Bonchev–Trinajstić information content (AvgIpc) is 2.64. The van der Waals surface area contributed by atoms with E-state index >= 15 is 0 Å². The second kappa shape index (κ2) is 11.0. The maximum Gasteiger partial charge on any atom is 0.180 e. The van der Waals surface area contributed by atoms with E-state index in [2.05, 4.69) is 29.7 Å². The Morgan fingerprint density at radius 2 is 1.73 bits per heavy atom. The number of ether oxygens (including phenoxy) is 2. The number of rotatable bonds is 11. The fourth-order valence-corrected chi connectivity index (χ4v) is 2.76. The monoisotopic (exact) mass is 378 g/mol. The van der Waals surface area contributed by atoms with Crippen molar-refractivity contribution < 1.29 is 14.6 Å². The summed E-state index contributed by atoms with van der Waals surface area (Å²) in [6, 6.07) is 12.0. The molecular formula is C20H27ClN2O3. The minimum absolute atomic E-state index is 0.150. The van der Waals surface area contributed by atoms with E-state index in [4.69, 9.17) is 26.2 Å². The third kappa shape index (κ3) is 6.50. The van der Waals surface area contributed by atoms with E-state index < -0.39 is 0 Å². The van der Waals surface area contributed by atoms with Gasteiger partial charge in [-0.15, -0.1) is 0 Å². The van der Waals surface area contributed by atoms with Crippen LogP contribution < -0.4 is 20.1 Å². The van der Waals surface area contributed by atoms with Crippen LogP contribution in [0.3, 0.4) is 0 Å². The summed E-state index contributed by atoms with van der Waals surface area (Å²) in [5.74, 6) is 1.18. The highest BCUT2D eigenvalue weighted by atomic mass is 35.5. The van der Waals surface area contributed by atoms with E-state index in [1.165, 1.54) is 5.56 Å². The van der Waals surface area contributed by atoms with Crippen LogP contribution in [0.15, 0.2) is 36.4 Å². The number of aliphatic hydroxyl groups excluding tert-OH is 1. The summed E-state index contributed by atoms with van der Waals surface area (Å²) in [5, 5.41) is 15.7. The summed E-state index contributed by atoms with van der Waals surface area (Å²) in [6.45, 7) is 5.51. The highest BCUT2D eigenvalue weighted by Gasteiger charge is 2.12. The lowest BCUT2D eigenvalue weighted by molar-refractivity contribution is 0.284. The van der Waals surface area contributed by atoms with Gasteiger partial charge in [-0.2, -0.15) is 0 Å². The molecule has 2 aromatic rings. The number of methoxy groups -OCH3 is 1. The van der Waals surface area contributed by atoms with Gasteiger partial charge in [0.2, 0.25) is 0 Å². The first-order valence-corrected chi connectivity index (χ1v) is 9.09. The molecule has 0 saturated carbocycles. The third-order valence-electron chi connectivity index (χ3n) is 3.89. The Labute approximate surface area is 160 Å². The number of benzene rings is 2. The second-order valence-corrected chi connectivity index (χ2v) is 6.44. The highest BCUT2D eigenvalue weighted by Crippen LogP contribution is 2.37. The summed E-state index contributed by atoms with van der Waals surface area (Å²) in [6.07, 6.45) is 0. The molecule has 0 radical (unpaired) electrons. The van der Waals surface area contributed by atoms with Crippen molar-refractivity contribution in [3.8, 4) is 11.5 Å². The van der Waals surface area contributed by atoms with E-state index in [9.17, 15) is 0 Å². The van der Waals surface area contributed by atoms with Crippen LogP contribution in [-0.4, -0.2) is 38.5 Å². The van der Waals surface area contributed by atoms with Gasteiger partial charge in [-0.3, -0.25) is 0 Å². The van der Waals surface area contributed by atoms with Crippen molar-refractivity contribution in [2.24, 2.45) is 0 Å². The largest absolute Gasteiger partial charge is 0.493 e. The molecule has 26 heavy (non-hydrogen) atoms. The Morgan fingerprint density at radius 1 is 1.00 bits per heavy atom. The van der Waals surface area contributed by atoms with E-state index in [1.54, 1.807) is 7.11 Å². The summed E-state index contributed by atoms with van der Waals surface area (Å²) in [5.41, 5.74) is 3.32. The zero-order valence-electron chi connectivity index (χ0n) is 15.3. The summed E-state index contributed by atoms with van der Waals surface area (Å²) in [4.78, 5) is 0. The standard InChI is InChI=1S/C20H27ClN2O3/c1-15-3-5-16(6-4-15)14-26-20-18(21)11-17(12-19(20)25-2)13-23-8-7-22-9-10-24/h3-6,11-12,22-24H,7-10,13-14H2,1-2H3. The minimum atomic E-state index is 0.150. The van der Waals surface area contributed by atoms with Gasteiger partial charge in [-0.25, -0.2) is 0 Å². The normalized spacial score (nSPS) is 10.8. The molecule has 142 valence electrons. The van der Waals surface area contributed by atoms with Crippen LogP contribution in [-0.2, 0) is 13.2 Å². The smallest absolute Gasteiger partial charge is 0.180 e. The molecule has 0 heterocycles. The predicted octanol–water partition coefficient (Wildman–Crippen LogP) is 2.91. The van der Waals surface area contributed by atoms with Crippen LogP contribution in [0.2, 0.25) is 5.02 Å². The summed E-state index contributed by atoms with van der Waals surface area (Å²) >= 11 is 6.41. The van der Waals surface area contributed by atoms with Crippen LogP contribution in [0.1, 0.15) is 16.7 Å². The van der Waals surface area contributed by atoms with Crippen molar-refractivity contribution >= 4 is 11.6 Å². The van der Waals surface area contributed by atoms with Crippen LogP contribution in [0.4, 0.5) is 0 Å². The number of hydrogen-bond acceptors (Lipinski definition) is 5. The molecule has 6 heteroatoms. The Morgan fingerprint density at radius 3 is 2.42 bits per heavy atom. The molecule has 0 aliphatic rings. The van der Waals surface area contributed by atoms with Crippen LogP contribution in [0.5, 0.6) is 11.5 Å². The fraction of sp³-hybridized carbons (Fsp3) is 0.400. The van der Waals surface area contributed by atoms with Crippen molar-refractivity contribution in [3.05, 3.63) is 58.1 Å². The first kappa shape index (κ1) is 20.5. The maximum atomic E-state index is 8.72. The molecule has 2 rings (SSSR count). The number of hydrogen-bond donors (Lipinski definition) is 3. The van der Waals surface area contributed by atoms with Crippen LogP contribution in [0.25, 0.3) is 0 Å². The number of aliphatic hydroxyl groups is 1. The molecule has 0 fully saturated rings. The molecule has 0 spiro atoms. The Bertz CT molecular complexity index is 678. The van der Waals surface area contributed by atoms with E-state index in [0.29, 0.717) is 36.2 Å². The molecule has 0 saturated heterocycles. The number of aryl methyl sites for hydroxylation is 1. The van der Waals surface area contributed by atoms with Crippen molar-refractivity contribution in [3.63, 3.8) is 0 Å². The second-order valence-electron chi connectivity index (χ2n) is 6.03. The topological polar surface area (TPSA) is 62.8 Å². The van der Waals surface area contributed by atoms with Gasteiger partial charge in [0.15, 0.2) is 11.5 Å². The predicted molar refractivity (Wildman–Crippen MR) is 105 cm³/mol. The minimum Gasteiger partial charge on any atom is -0.493 e. The fourth-order valence-electron chi connectivity index (χ4n) is 2.47. The van der Waals surface area contributed by atoms with Crippen molar-refractivity contribution in [1.29, 1.82) is 0 Å². The molecular weight excluding hydrogens is 352 g/mol. The summed E-state index contributed by atoms with van der Waals surface area (Å²) in [7, 11) is 1.61. The first-order valence-electron chi connectivity index (χ1n) is 8.71. The van der Waals surface area contributed by atoms with Crippen molar-refractivity contribution in [1.82, 2.24) is 10.6 Å². The first-order chi connectivity index (χ1) is 12.6. The van der Waals surface area contributed by atoms with Gasteiger partial charge in [0.1, 0.15) is 6.61 Å². The zero-order chi connectivity index (χ0) is 18.8. The molecule has 3 N–H and O–H groups in total. The molecule has 0 bridgehead atoms. The SMILES string of the molecule is COc1cc(CNCCNCCO)cc(Cl)c1OCc1ccc(C)cc1. The van der Waals surface area contributed by atoms with Gasteiger partial charge in [-0.1, -0.05) is 41.4 Å². The van der Waals surface area contributed by atoms with Gasteiger partial charge in [0.05, 0.1) is 18.7 Å². The lowest BCUT2D eigenvalue weighted by atomic mass is 10.1. The average molecular weight is 379 g/mol. The molecule has 0 aliphatic heterocycles. The van der Waals surface area contributed by atoms with Gasteiger partial charge in [-0.05, 0) is 30.2 Å². The highest BCUT2D eigenvalue weighted by molar-refractivity contribution is 6.32. The van der Waals surface area contributed by atoms with E-state index in [1.807, 2.05) is 24.3 Å². The molecule has 0 atom stereocenters. The van der Waals surface area contributed by atoms with Crippen molar-refractivity contribution in [2.45, 2.75) is 20.1 Å². The van der Waals surface area contributed by atoms with Gasteiger partial charge < -0.3 is 25.2 Å². The Balaban J connectivity index is 1.94. The number of halogens is 1.